The van der Waals surface area contributed by atoms with E-state index in [2.05, 4.69) is 12.6 Å². The van der Waals surface area contributed by atoms with Gasteiger partial charge in [-0.05, 0) is 18.2 Å². The number of amides is 1. The molecule has 3 aromatic rings. The van der Waals surface area contributed by atoms with E-state index in [1.54, 1.807) is 0 Å². The molecule has 0 N–H and O–H groups in total. The molecule has 1 aromatic heterocycles. The summed E-state index contributed by atoms with van der Waals surface area (Å²) in [5.74, 6) is 0.388. The summed E-state index contributed by atoms with van der Waals surface area (Å²) in [5.41, 5.74) is 2.60. The van der Waals surface area contributed by atoms with Gasteiger partial charge in [-0.1, -0.05) is 24.3 Å². The van der Waals surface area contributed by atoms with Crippen LogP contribution in [0.1, 0.15) is 6.42 Å². The molecular weight excluding hydrogens is 262 g/mol. The number of carbonyl (C=O) groups excluding carboxylic acids is 1. The van der Waals surface area contributed by atoms with Gasteiger partial charge in [0.25, 0.3) is 0 Å². The summed E-state index contributed by atoms with van der Waals surface area (Å²) in [7, 11) is 0. The highest BCUT2D eigenvalue weighted by Gasteiger charge is 2.28. The molecule has 1 aliphatic rings. The second-order valence-electron chi connectivity index (χ2n) is 5.48. The fourth-order valence-corrected chi connectivity index (χ4v) is 3.03. The van der Waals surface area contributed by atoms with E-state index < -0.39 is 0 Å². The quantitative estimate of drug-likeness (QED) is 0.660. The van der Waals surface area contributed by atoms with Gasteiger partial charge in [0.05, 0.1) is 0 Å². The zero-order chi connectivity index (χ0) is 14.4. The van der Waals surface area contributed by atoms with Crippen LogP contribution in [-0.4, -0.2) is 12.5 Å². The Morgan fingerprint density at radius 3 is 2.76 bits per heavy atom. The Balaban J connectivity index is 1.82. The van der Waals surface area contributed by atoms with Crippen molar-refractivity contribution < 1.29 is 9.21 Å². The van der Waals surface area contributed by atoms with Crippen molar-refractivity contribution in [2.24, 2.45) is 5.92 Å². The lowest BCUT2D eigenvalue weighted by Crippen LogP contribution is -2.24. The zero-order valence-electron chi connectivity index (χ0n) is 11.6. The first-order valence-electron chi connectivity index (χ1n) is 7.10. The number of nitrogens with zero attached hydrogens (tertiary/aromatic N) is 1. The van der Waals surface area contributed by atoms with Crippen LogP contribution < -0.4 is 4.90 Å². The van der Waals surface area contributed by atoms with Crippen molar-refractivity contribution in [3.05, 3.63) is 55.1 Å². The van der Waals surface area contributed by atoms with Gasteiger partial charge in [-0.15, -0.1) is 6.58 Å². The third-order valence-electron chi connectivity index (χ3n) is 4.16. The Kier molecular flexibility index (Phi) is 2.61. The van der Waals surface area contributed by atoms with Gasteiger partial charge in [0, 0.05) is 41.4 Å². The lowest BCUT2D eigenvalue weighted by atomic mass is 10.1. The molecule has 1 saturated heterocycles. The summed E-state index contributed by atoms with van der Waals surface area (Å²) >= 11 is 0. The number of hydrogen-bond donors (Lipinski definition) is 0. The number of furan rings is 1. The third-order valence-corrected chi connectivity index (χ3v) is 4.16. The Morgan fingerprint density at radius 1 is 1.14 bits per heavy atom. The van der Waals surface area contributed by atoms with Crippen molar-refractivity contribution in [2.45, 2.75) is 6.42 Å². The monoisotopic (exact) mass is 277 g/mol. The maximum absolute atomic E-state index is 12.1. The predicted molar refractivity (Wildman–Crippen MR) is 84.4 cm³/mol. The van der Waals surface area contributed by atoms with Crippen LogP contribution in [0.2, 0.25) is 0 Å². The standard InChI is InChI=1S/C18H15NO2/c1-2-12-9-18(20)19(11-12)13-7-8-15-14-5-3-4-6-16(14)21-17(15)10-13/h2-8,10,12H,1,9,11H2. The molecule has 1 atom stereocenters. The molecule has 3 nitrogen and oxygen atoms in total. The van der Waals surface area contributed by atoms with Crippen molar-refractivity contribution in [3.8, 4) is 0 Å². The summed E-state index contributed by atoms with van der Waals surface area (Å²) in [6.07, 6.45) is 2.40. The van der Waals surface area contributed by atoms with Crippen LogP contribution in [0.5, 0.6) is 0 Å². The van der Waals surface area contributed by atoms with Gasteiger partial charge < -0.3 is 9.32 Å². The first-order chi connectivity index (χ1) is 10.3. The molecule has 4 rings (SSSR count). The maximum atomic E-state index is 12.1. The van der Waals surface area contributed by atoms with Crippen molar-refractivity contribution >= 4 is 33.5 Å². The summed E-state index contributed by atoms with van der Waals surface area (Å²) in [4.78, 5) is 13.9. The van der Waals surface area contributed by atoms with Gasteiger partial charge in [-0.25, -0.2) is 0 Å². The molecule has 1 unspecified atom stereocenters. The minimum Gasteiger partial charge on any atom is -0.456 e. The molecule has 104 valence electrons. The predicted octanol–water partition coefficient (Wildman–Crippen LogP) is 4.12. The highest BCUT2D eigenvalue weighted by molar-refractivity contribution is 6.06. The fraction of sp³-hybridized carbons (Fsp3) is 0.167. The summed E-state index contributed by atoms with van der Waals surface area (Å²) in [6, 6.07) is 14.0. The van der Waals surface area contributed by atoms with E-state index in [1.807, 2.05) is 47.4 Å². The van der Waals surface area contributed by atoms with Gasteiger partial charge in [-0.3, -0.25) is 4.79 Å². The fourth-order valence-electron chi connectivity index (χ4n) is 3.03. The van der Waals surface area contributed by atoms with E-state index in [-0.39, 0.29) is 11.8 Å². The average Bonchev–Trinajstić information content (AvgIpc) is 3.06. The number of benzene rings is 2. The first-order valence-corrected chi connectivity index (χ1v) is 7.10. The number of rotatable bonds is 2. The van der Waals surface area contributed by atoms with Gasteiger partial charge in [-0.2, -0.15) is 0 Å². The van der Waals surface area contributed by atoms with Gasteiger partial charge in [0.2, 0.25) is 5.91 Å². The maximum Gasteiger partial charge on any atom is 0.227 e. The molecule has 2 heterocycles. The van der Waals surface area contributed by atoms with E-state index in [1.165, 1.54) is 0 Å². The normalized spacial score (nSPS) is 18.8. The molecule has 0 aliphatic carbocycles. The Bertz CT molecular complexity index is 862. The average molecular weight is 277 g/mol. The summed E-state index contributed by atoms with van der Waals surface area (Å²) in [5, 5.41) is 2.19. The van der Waals surface area contributed by atoms with Gasteiger partial charge in [0.15, 0.2) is 0 Å². The molecule has 1 aliphatic heterocycles. The second-order valence-corrected chi connectivity index (χ2v) is 5.48. The van der Waals surface area contributed by atoms with Crippen LogP contribution >= 0.6 is 0 Å². The molecule has 0 bridgehead atoms. The molecule has 0 saturated carbocycles. The van der Waals surface area contributed by atoms with Crippen LogP contribution in [0.15, 0.2) is 59.5 Å². The van der Waals surface area contributed by atoms with Crippen LogP contribution in [0.3, 0.4) is 0 Å². The smallest absolute Gasteiger partial charge is 0.227 e. The van der Waals surface area contributed by atoms with Crippen molar-refractivity contribution in [1.29, 1.82) is 0 Å². The molecule has 1 fully saturated rings. The molecular formula is C18H15NO2. The lowest BCUT2D eigenvalue weighted by Gasteiger charge is -2.15. The Labute approximate surface area is 122 Å². The van der Waals surface area contributed by atoms with E-state index >= 15 is 0 Å². The van der Waals surface area contributed by atoms with Crippen LogP contribution in [0.4, 0.5) is 5.69 Å². The zero-order valence-corrected chi connectivity index (χ0v) is 11.6. The van der Waals surface area contributed by atoms with Crippen molar-refractivity contribution in [3.63, 3.8) is 0 Å². The number of fused-ring (bicyclic) bond motifs is 3. The summed E-state index contributed by atoms with van der Waals surface area (Å²) < 4.78 is 5.88. The molecule has 3 heteroatoms. The van der Waals surface area contributed by atoms with E-state index in [9.17, 15) is 4.79 Å². The van der Waals surface area contributed by atoms with Crippen LogP contribution in [0.25, 0.3) is 21.9 Å². The van der Waals surface area contributed by atoms with Crippen LogP contribution in [-0.2, 0) is 4.79 Å². The lowest BCUT2D eigenvalue weighted by molar-refractivity contribution is -0.117. The van der Waals surface area contributed by atoms with Crippen molar-refractivity contribution in [1.82, 2.24) is 0 Å². The summed E-state index contributed by atoms with van der Waals surface area (Å²) in [6.45, 7) is 4.49. The third kappa shape index (κ3) is 1.85. The van der Waals surface area contributed by atoms with Gasteiger partial charge in [0.1, 0.15) is 11.2 Å². The van der Waals surface area contributed by atoms with E-state index in [0.717, 1.165) is 27.6 Å². The minimum absolute atomic E-state index is 0.148. The largest absolute Gasteiger partial charge is 0.456 e. The first kappa shape index (κ1) is 12.2. The van der Waals surface area contributed by atoms with E-state index in [4.69, 9.17) is 4.42 Å². The molecule has 0 spiro atoms. The van der Waals surface area contributed by atoms with Crippen LogP contribution in [0, 0.1) is 5.92 Å². The SMILES string of the molecule is C=CC1CC(=O)N(c2ccc3c(c2)oc2ccccc23)C1. The number of hydrogen-bond acceptors (Lipinski definition) is 2. The number of carbonyl (C=O) groups is 1. The molecule has 0 radical (unpaired) electrons. The second kappa shape index (κ2) is 4.48. The highest BCUT2D eigenvalue weighted by atomic mass is 16.3. The number of para-hydroxylation sites is 1. The highest BCUT2D eigenvalue weighted by Crippen LogP contribution is 2.33. The number of anilines is 1. The van der Waals surface area contributed by atoms with Crippen molar-refractivity contribution in [2.75, 3.05) is 11.4 Å². The molecule has 1 amide bonds. The van der Waals surface area contributed by atoms with Gasteiger partial charge >= 0.3 is 0 Å². The Morgan fingerprint density at radius 2 is 1.95 bits per heavy atom. The Hall–Kier alpha value is -2.55. The van der Waals surface area contributed by atoms with E-state index in [0.29, 0.717) is 13.0 Å². The molecule has 2 aromatic carbocycles. The minimum atomic E-state index is 0.148. The molecule has 21 heavy (non-hydrogen) atoms. The topological polar surface area (TPSA) is 33.5 Å².